The van der Waals surface area contributed by atoms with Crippen LogP contribution in [0.3, 0.4) is 0 Å². The van der Waals surface area contributed by atoms with Crippen molar-refractivity contribution in [3.63, 3.8) is 0 Å². The maximum atomic E-state index is 12.2. The minimum absolute atomic E-state index is 0.122. The Morgan fingerprint density at radius 3 is 2.21 bits per heavy atom. The van der Waals surface area contributed by atoms with Crippen LogP contribution in [0.2, 0.25) is 0 Å². The molecule has 0 saturated heterocycles. The van der Waals surface area contributed by atoms with Gasteiger partial charge in [-0.3, -0.25) is 4.79 Å². The molecule has 1 aliphatic rings. The van der Waals surface area contributed by atoms with Crippen molar-refractivity contribution in [1.29, 1.82) is 0 Å². The summed E-state index contributed by atoms with van der Waals surface area (Å²) < 4.78 is 5.51. The Morgan fingerprint density at radius 2 is 1.84 bits per heavy atom. The van der Waals surface area contributed by atoms with Gasteiger partial charge in [-0.2, -0.15) is 0 Å². The fourth-order valence-electron chi connectivity index (χ4n) is 2.50. The Morgan fingerprint density at radius 1 is 1.26 bits per heavy atom. The molecule has 0 amide bonds. The number of hydrogen-bond acceptors (Lipinski definition) is 3. The van der Waals surface area contributed by atoms with Crippen molar-refractivity contribution >= 4 is 5.97 Å². The van der Waals surface area contributed by atoms with E-state index in [0.29, 0.717) is 6.04 Å². The van der Waals surface area contributed by atoms with Gasteiger partial charge >= 0.3 is 5.97 Å². The van der Waals surface area contributed by atoms with Crippen LogP contribution in [-0.2, 0) is 9.53 Å². The van der Waals surface area contributed by atoms with Gasteiger partial charge in [-0.05, 0) is 46.0 Å². The molecule has 19 heavy (non-hydrogen) atoms. The second-order valence-electron chi connectivity index (χ2n) is 7.36. The molecule has 0 aromatic rings. The highest BCUT2D eigenvalue weighted by atomic mass is 16.6. The molecule has 1 fully saturated rings. The minimum Gasteiger partial charge on any atom is -0.459 e. The molecule has 1 saturated carbocycles. The van der Waals surface area contributed by atoms with Crippen LogP contribution in [0.25, 0.3) is 0 Å². The van der Waals surface area contributed by atoms with Gasteiger partial charge < -0.3 is 10.1 Å². The van der Waals surface area contributed by atoms with E-state index in [4.69, 9.17) is 4.74 Å². The molecule has 0 spiro atoms. The van der Waals surface area contributed by atoms with Crippen LogP contribution in [-0.4, -0.2) is 23.7 Å². The SMILES string of the molecule is CC(CC1CCC1)N[C@H](C(=O)OC(C)(C)C)C(C)C. The highest BCUT2D eigenvalue weighted by molar-refractivity contribution is 5.76. The van der Waals surface area contributed by atoms with Crippen molar-refractivity contribution in [3.05, 3.63) is 0 Å². The third-order valence-corrected chi connectivity index (χ3v) is 3.70. The first-order chi connectivity index (χ1) is 8.69. The zero-order chi connectivity index (χ0) is 14.6. The highest BCUT2D eigenvalue weighted by Gasteiger charge is 2.29. The van der Waals surface area contributed by atoms with E-state index in [1.54, 1.807) is 0 Å². The lowest BCUT2D eigenvalue weighted by Gasteiger charge is -2.32. The fraction of sp³-hybridized carbons (Fsp3) is 0.938. The lowest BCUT2D eigenvalue weighted by Crippen LogP contribution is -2.48. The van der Waals surface area contributed by atoms with Crippen LogP contribution in [0.4, 0.5) is 0 Å². The number of ether oxygens (including phenoxy) is 1. The summed E-state index contributed by atoms with van der Waals surface area (Å²) in [6.45, 7) is 12.1. The zero-order valence-corrected chi connectivity index (χ0v) is 13.5. The molecule has 1 rings (SSSR count). The Hall–Kier alpha value is -0.570. The number of hydrogen-bond donors (Lipinski definition) is 1. The smallest absolute Gasteiger partial charge is 0.323 e. The molecule has 1 unspecified atom stereocenters. The van der Waals surface area contributed by atoms with E-state index in [1.165, 1.54) is 25.7 Å². The standard InChI is InChI=1S/C16H31NO2/c1-11(2)14(15(18)19-16(4,5)6)17-12(3)10-13-8-7-9-13/h11-14,17H,7-10H2,1-6H3/t12?,14-/m0/s1. The lowest BCUT2D eigenvalue weighted by atomic mass is 9.81. The van der Waals surface area contributed by atoms with Gasteiger partial charge in [0.05, 0.1) is 0 Å². The van der Waals surface area contributed by atoms with Gasteiger partial charge in [0.2, 0.25) is 0 Å². The molecule has 0 aliphatic heterocycles. The molecule has 0 aromatic heterocycles. The van der Waals surface area contributed by atoms with Gasteiger partial charge in [-0.25, -0.2) is 0 Å². The van der Waals surface area contributed by atoms with E-state index < -0.39 is 5.60 Å². The van der Waals surface area contributed by atoms with Crippen molar-refractivity contribution in [3.8, 4) is 0 Å². The summed E-state index contributed by atoms with van der Waals surface area (Å²) in [5, 5.41) is 3.46. The molecule has 3 heteroatoms. The number of esters is 1. The van der Waals surface area contributed by atoms with Crippen LogP contribution < -0.4 is 5.32 Å². The van der Waals surface area contributed by atoms with Gasteiger partial charge in [-0.1, -0.05) is 33.1 Å². The van der Waals surface area contributed by atoms with Gasteiger partial charge in [0.25, 0.3) is 0 Å². The van der Waals surface area contributed by atoms with Crippen LogP contribution in [0.15, 0.2) is 0 Å². The summed E-state index contributed by atoms with van der Waals surface area (Å²) in [4.78, 5) is 12.2. The largest absolute Gasteiger partial charge is 0.459 e. The molecule has 1 aliphatic carbocycles. The summed E-state index contributed by atoms with van der Waals surface area (Å²) in [5.41, 5.74) is -0.414. The van der Waals surface area contributed by atoms with E-state index >= 15 is 0 Å². The van der Waals surface area contributed by atoms with Crippen LogP contribution in [0.1, 0.15) is 67.2 Å². The average Bonchev–Trinajstić information content (AvgIpc) is 2.16. The van der Waals surface area contributed by atoms with Gasteiger partial charge in [0.1, 0.15) is 11.6 Å². The average molecular weight is 269 g/mol. The summed E-state index contributed by atoms with van der Waals surface area (Å²) in [6, 6.07) is 0.180. The first-order valence-corrected chi connectivity index (χ1v) is 7.68. The molecule has 112 valence electrons. The molecule has 0 bridgehead atoms. The van der Waals surface area contributed by atoms with Crippen molar-refractivity contribution in [2.45, 2.75) is 84.9 Å². The van der Waals surface area contributed by atoms with Crippen LogP contribution in [0, 0.1) is 11.8 Å². The van der Waals surface area contributed by atoms with Crippen LogP contribution in [0.5, 0.6) is 0 Å². The maximum absolute atomic E-state index is 12.2. The van der Waals surface area contributed by atoms with E-state index in [0.717, 1.165) is 5.92 Å². The predicted octanol–water partition coefficient (Wildman–Crippen LogP) is 3.52. The predicted molar refractivity (Wildman–Crippen MR) is 79.0 cm³/mol. The van der Waals surface area contributed by atoms with E-state index in [2.05, 4.69) is 26.1 Å². The summed E-state index contributed by atoms with van der Waals surface area (Å²) in [6.07, 6.45) is 5.25. The molecule has 0 radical (unpaired) electrons. The molecule has 0 aromatic carbocycles. The second kappa shape index (κ2) is 6.74. The van der Waals surface area contributed by atoms with Gasteiger partial charge in [0.15, 0.2) is 0 Å². The lowest BCUT2D eigenvalue weighted by molar-refractivity contribution is -0.159. The fourth-order valence-corrected chi connectivity index (χ4v) is 2.50. The van der Waals surface area contributed by atoms with E-state index in [1.807, 2.05) is 20.8 Å². The van der Waals surface area contributed by atoms with Crippen LogP contribution >= 0.6 is 0 Å². The van der Waals surface area contributed by atoms with Crippen molar-refractivity contribution in [2.75, 3.05) is 0 Å². The number of carbonyl (C=O) groups excluding carboxylic acids is 1. The Bertz CT molecular complexity index is 290. The Balaban J connectivity index is 2.48. The normalized spacial score (nSPS) is 19.9. The second-order valence-corrected chi connectivity index (χ2v) is 7.36. The number of rotatable bonds is 6. The minimum atomic E-state index is -0.414. The molecular weight excluding hydrogens is 238 g/mol. The first kappa shape index (κ1) is 16.5. The third-order valence-electron chi connectivity index (χ3n) is 3.70. The van der Waals surface area contributed by atoms with Crippen molar-refractivity contribution < 1.29 is 9.53 Å². The third kappa shape index (κ3) is 5.94. The molecule has 3 nitrogen and oxygen atoms in total. The Labute approximate surface area is 118 Å². The summed E-state index contributed by atoms with van der Waals surface area (Å²) in [7, 11) is 0. The topological polar surface area (TPSA) is 38.3 Å². The highest BCUT2D eigenvalue weighted by Crippen LogP contribution is 2.30. The van der Waals surface area contributed by atoms with Crippen molar-refractivity contribution in [2.24, 2.45) is 11.8 Å². The van der Waals surface area contributed by atoms with E-state index in [-0.39, 0.29) is 17.9 Å². The summed E-state index contributed by atoms with van der Waals surface area (Å²) >= 11 is 0. The van der Waals surface area contributed by atoms with E-state index in [9.17, 15) is 4.79 Å². The number of nitrogens with one attached hydrogen (secondary N) is 1. The Kier molecular flexibility index (Phi) is 5.84. The quantitative estimate of drug-likeness (QED) is 0.750. The molecule has 1 N–H and O–H groups in total. The zero-order valence-electron chi connectivity index (χ0n) is 13.5. The molecular formula is C16H31NO2. The summed E-state index contributed by atoms with van der Waals surface area (Å²) in [5.74, 6) is 0.982. The van der Waals surface area contributed by atoms with Gasteiger partial charge in [0, 0.05) is 6.04 Å². The van der Waals surface area contributed by atoms with Crippen molar-refractivity contribution in [1.82, 2.24) is 5.32 Å². The first-order valence-electron chi connectivity index (χ1n) is 7.68. The van der Waals surface area contributed by atoms with Gasteiger partial charge in [-0.15, -0.1) is 0 Å². The maximum Gasteiger partial charge on any atom is 0.323 e. The molecule has 2 atom stereocenters. The molecule has 0 heterocycles. The number of carbonyl (C=O) groups is 1. The monoisotopic (exact) mass is 269 g/mol.